The summed E-state index contributed by atoms with van der Waals surface area (Å²) in [7, 11) is 1.40. The number of primary amides is 1. The zero-order chi connectivity index (χ0) is 15.5. The number of methoxy groups -OCH3 is 1. The molecule has 3 N–H and O–H groups in total. The summed E-state index contributed by atoms with van der Waals surface area (Å²) in [5.74, 6) is -1.39. The van der Waals surface area contributed by atoms with Crippen molar-refractivity contribution in [1.82, 2.24) is 5.32 Å². The molecule has 1 aliphatic carbocycles. The summed E-state index contributed by atoms with van der Waals surface area (Å²) in [5.41, 5.74) is 4.48. The maximum atomic E-state index is 13.3. The third-order valence-corrected chi connectivity index (χ3v) is 3.94. The molecule has 6 heteroatoms. The minimum atomic E-state index is -1.05. The highest BCUT2D eigenvalue weighted by Crippen LogP contribution is 2.29. The first kappa shape index (κ1) is 15.3. The quantitative estimate of drug-likeness (QED) is 0.887. The molecule has 114 valence electrons. The Balaban J connectivity index is 2.27. The Bertz CT molecular complexity index is 554. The average molecular weight is 294 g/mol. The Hall–Kier alpha value is -2.11. The highest BCUT2D eigenvalue weighted by atomic mass is 19.1. The highest BCUT2D eigenvalue weighted by molar-refractivity contribution is 6.00. The van der Waals surface area contributed by atoms with E-state index in [0.717, 1.165) is 25.3 Å². The third-order valence-electron chi connectivity index (χ3n) is 3.94. The van der Waals surface area contributed by atoms with Gasteiger partial charge in [0.2, 0.25) is 5.91 Å². The normalized spacial score (nSPS) is 17.0. The van der Waals surface area contributed by atoms with Crippen LogP contribution in [0.3, 0.4) is 0 Å². The number of ether oxygens (including phenoxy) is 1. The predicted octanol–water partition coefficient (Wildman–Crippen LogP) is 1.75. The van der Waals surface area contributed by atoms with Gasteiger partial charge in [-0.25, -0.2) is 4.39 Å². The number of hydrogen-bond donors (Lipinski definition) is 2. The van der Waals surface area contributed by atoms with E-state index in [0.29, 0.717) is 12.8 Å². The Morgan fingerprint density at radius 2 is 1.95 bits per heavy atom. The van der Waals surface area contributed by atoms with E-state index in [1.54, 1.807) is 0 Å². The van der Waals surface area contributed by atoms with E-state index in [4.69, 9.17) is 10.5 Å². The average Bonchev–Trinajstić information content (AvgIpc) is 2.48. The van der Waals surface area contributed by atoms with Crippen LogP contribution in [0, 0.1) is 5.82 Å². The van der Waals surface area contributed by atoms with Crippen molar-refractivity contribution in [2.45, 2.75) is 37.6 Å². The molecule has 1 aliphatic rings. The van der Waals surface area contributed by atoms with Crippen molar-refractivity contribution in [3.8, 4) is 5.75 Å². The van der Waals surface area contributed by atoms with Gasteiger partial charge in [0.15, 0.2) is 0 Å². The molecule has 0 aromatic heterocycles. The lowest BCUT2D eigenvalue weighted by atomic mass is 9.81. The van der Waals surface area contributed by atoms with Gasteiger partial charge in [-0.3, -0.25) is 9.59 Å². The van der Waals surface area contributed by atoms with Gasteiger partial charge in [-0.2, -0.15) is 0 Å². The second-order valence-electron chi connectivity index (χ2n) is 5.31. The number of benzene rings is 1. The predicted molar refractivity (Wildman–Crippen MR) is 75.4 cm³/mol. The van der Waals surface area contributed by atoms with Gasteiger partial charge < -0.3 is 15.8 Å². The topological polar surface area (TPSA) is 81.4 Å². The van der Waals surface area contributed by atoms with Gasteiger partial charge in [-0.05, 0) is 31.0 Å². The second kappa shape index (κ2) is 6.11. The molecule has 0 aliphatic heterocycles. The lowest BCUT2D eigenvalue weighted by molar-refractivity contribution is -0.125. The maximum absolute atomic E-state index is 13.3. The monoisotopic (exact) mass is 294 g/mol. The zero-order valence-corrected chi connectivity index (χ0v) is 11.9. The van der Waals surface area contributed by atoms with Gasteiger partial charge in [-0.1, -0.05) is 19.3 Å². The Labute approximate surface area is 122 Å². The molecule has 2 amide bonds. The van der Waals surface area contributed by atoms with Crippen LogP contribution in [-0.4, -0.2) is 24.5 Å². The van der Waals surface area contributed by atoms with Crippen molar-refractivity contribution >= 4 is 11.8 Å². The van der Waals surface area contributed by atoms with Gasteiger partial charge in [0.25, 0.3) is 5.91 Å². The van der Waals surface area contributed by atoms with Crippen LogP contribution in [0.25, 0.3) is 0 Å². The number of carbonyl (C=O) groups is 2. The minimum absolute atomic E-state index is 0.0590. The lowest BCUT2D eigenvalue weighted by Gasteiger charge is -2.35. The number of nitrogens with two attached hydrogens (primary N) is 1. The zero-order valence-electron chi connectivity index (χ0n) is 11.9. The van der Waals surface area contributed by atoms with E-state index in [-0.39, 0.29) is 11.3 Å². The molecule has 1 aromatic carbocycles. The van der Waals surface area contributed by atoms with Gasteiger partial charge in [0.1, 0.15) is 17.1 Å². The van der Waals surface area contributed by atoms with E-state index < -0.39 is 23.2 Å². The van der Waals surface area contributed by atoms with E-state index >= 15 is 0 Å². The van der Waals surface area contributed by atoms with Crippen LogP contribution in [0.4, 0.5) is 4.39 Å². The molecule has 2 rings (SSSR count). The summed E-state index contributed by atoms with van der Waals surface area (Å²) in [6.45, 7) is 0. The molecule has 5 nitrogen and oxygen atoms in total. The summed E-state index contributed by atoms with van der Waals surface area (Å²) in [6.07, 6.45) is 3.67. The molecular weight excluding hydrogens is 275 g/mol. The van der Waals surface area contributed by atoms with E-state index in [1.165, 1.54) is 19.2 Å². The first-order chi connectivity index (χ1) is 9.98. The van der Waals surface area contributed by atoms with Gasteiger partial charge in [0, 0.05) is 0 Å². The summed E-state index contributed by atoms with van der Waals surface area (Å²) >= 11 is 0. The highest BCUT2D eigenvalue weighted by Gasteiger charge is 2.39. The van der Waals surface area contributed by atoms with Crippen molar-refractivity contribution < 1.29 is 18.7 Å². The SMILES string of the molecule is COc1ccc(F)cc1C(=O)NC1(C(N)=O)CCCCC1. The van der Waals surface area contributed by atoms with Crippen LogP contribution >= 0.6 is 0 Å². The summed E-state index contributed by atoms with van der Waals surface area (Å²) in [6, 6.07) is 3.67. The molecule has 0 radical (unpaired) electrons. The fraction of sp³-hybridized carbons (Fsp3) is 0.467. The third kappa shape index (κ3) is 3.15. The molecule has 0 bridgehead atoms. The van der Waals surface area contributed by atoms with Crippen molar-refractivity contribution in [3.05, 3.63) is 29.6 Å². The molecule has 0 unspecified atom stereocenters. The number of rotatable bonds is 4. The van der Waals surface area contributed by atoms with Crippen LogP contribution in [0.5, 0.6) is 5.75 Å². The van der Waals surface area contributed by atoms with Crippen molar-refractivity contribution in [3.63, 3.8) is 0 Å². The Kier molecular flexibility index (Phi) is 4.45. The largest absolute Gasteiger partial charge is 0.496 e. The Morgan fingerprint density at radius 3 is 2.52 bits per heavy atom. The van der Waals surface area contributed by atoms with Crippen LogP contribution in [0.15, 0.2) is 18.2 Å². The maximum Gasteiger partial charge on any atom is 0.256 e. The van der Waals surface area contributed by atoms with Gasteiger partial charge in [0.05, 0.1) is 12.7 Å². The van der Waals surface area contributed by atoms with Crippen molar-refractivity contribution in [1.29, 1.82) is 0 Å². The molecular formula is C15H19FN2O3. The van der Waals surface area contributed by atoms with Gasteiger partial charge in [-0.15, -0.1) is 0 Å². The van der Waals surface area contributed by atoms with E-state index in [1.807, 2.05) is 0 Å². The summed E-state index contributed by atoms with van der Waals surface area (Å²) < 4.78 is 18.4. The minimum Gasteiger partial charge on any atom is -0.496 e. The fourth-order valence-corrected chi connectivity index (χ4v) is 2.73. The molecule has 1 aromatic rings. The first-order valence-electron chi connectivity index (χ1n) is 6.94. The fourth-order valence-electron chi connectivity index (χ4n) is 2.73. The van der Waals surface area contributed by atoms with Crippen LogP contribution in [0.2, 0.25) is 0 Å². The second-order valence-corrected chi connectivity index (χ2v) is 5.31. The molecule has 21 heavy (non-hydrogen) atoms. The standard InChI is InChI=1S/C15H19FN2O3/c1-21-12-6-5-10(16)9-11(12)13(19)18-15(14(17)20)7-3-2-4-8-15/h5-6,9H,2-4,7-8H2,1H3,(H2,17,20)(H,18,19). The molecule has 1 fully saturated rings. The van der Waals surface area contributed by atoms with Crippen molar-refractivity contribution in [2.75, 3.05) is 7.11 Å². The van der Waals surface area contributed by atoms with E-state index in [2.05, 4.69) is 5.32 Å². The number of halogens is 1. The summed E-state index contributed by atoms with van der Waals surface area (Å²) in [4.78, 5) is 24.2. The summed E-state index contributed by atoms with van der Waals surface area (Å²) in [5, 5.41) is 2.69. The molecule has 0 saturated heterocycles. The number of amides is 2. The van der Waals surface area contributed by atoms with E-state index in [9.17, 15) is 14.0 Å². The van der Waals surface area contributed by atoms with Crippen LogP contribution < -0.4 is 15.8 Å². The number of hydrogen-bond acceptors (Lipinski definition) is 3. The van der Waals surface area contributed by atoms with Crippen LogP contribution in [-0.2, 0) is 4.79 Å². The smallest absolute Gasteiger partial charge is 0.256 e. The molecule has 0 atom stereocenters. The molecule has 0 heterocycles. The van der Waals surface area contributed by atoms with Crippen molar-refractivity contribution in [2.24, 2.45) is 5.73 Å². The number of carbonyl (C=O) groups excluding carboxylic acids is 2. The Morgan fingerprint density at radius 1 is 1.29 bits per heavy atom. The first-order valence-corrected chi connectivity index (χ1v) is 6.94. The molecule has 1 saturated carbocycles. The van der Waals surface area contributed by atoms with Crippen LogP contribution in [0.1, 0.15) is 42.5 Å². The lowest BCUT2D eigenvalue weighted by Crippen LogP contribution is -2.58. The number of nitrogens with one attached hydrogen (secondary N) is 1. The van der Waals surface area contributed by atoms with Gasteiger partial charge >= 0.3 is 0 Å². The molecule has 0 spiro atoms.